The Morgan fingerprint density at radius 1 is 0.634 bits per heavy atom. The van der Waals surface area contributed by atoms with Gasteiger partial charge in [-0.1, -0.05) is 104 Å². The minimum absolute atomic E-state index is 0.359. The Morgan fingerprint density at radius 3 is 1.93 bits per heavy atom. The molecule has 0 amide bonds. The van der Waals surface area contributed by atoms with E-state index in [1.807, 2.05) is 48.5 Å². The summed E-state index contributed by atoms with van der Waals surface area (Å²) >= 11 is 0. The second-order valence-corrected chi connectivity index (χ2v) is 11.5. The number of benzene rings is 3. The van der Waals surface area contributed by atoms with E-state index in [0.717, 1.165) is 22.3 Å². The van der Waals surface area contributed by atoms with Crippen LogP contribution in [0.3, 0.4) is 0 Å². The second-order valence-electron chi connectivity index (χ2n) is 11.5. The maximum absolute atomic E-state index is 6.77. The van der Waals surface area contributed by atoms with E-state index in [0.29, 0.717) is 45.6 Å². The molecule has 6 rings (SSSR count). The zero-order valence-electron chi connectivity index (χ0n) is 23.8. The summed E-state index contributed by atoms with van der Waals surface area (Å²) in [6.45, 7) is 2.85. The highest BCUT2D eigenvalue weighted by atomic mass is 16.7. The predicted octanol–water partition coefficient (Wildman–Crippen LogP) is 6.59. The van der Waals surface area contributed by atoms with Gasteiger partial charge in [0.05, 0.1) is 39.6 Å². The summed E-state index contributed by atoms with van der Waals surface area (Å²) in [6, 6.07) is 28.7. The highest BCUT2D eigenvalue weighted by Gasteiger charge is 2.49. The standard InChI is InChI=1S/C35H42O6/c1-4-12-26(13-5-1)20-37-32-31-25-36-23-29-18-10-11-19-30(29)24-39-33(32)34(38-21-27-14-6-2-7-15-27)35(41-31)40-22-28-16-8-3-9-17-28/h1-2,4-7,10-15,18-19,28,31-35H,3,8-9,16-17,20-25H2/t31-,32-,33+,34-,35+/m1/s1. The van der Waals surface area contributed by atoms with E-state index >= 15 is 0 Å². The van der Waals surface area contributed by atoms with E-state index in [1.54, 1.807) is 0 Å². The maximum atomic E-state index is 6.77. The number of fused-ring (bicyclic) bond motifs is 3. The van der Waals surface area contributed by atoms with Gasteiger partial charge in [0.2, 0.25) is 0 Å². The summed E-state index contributed by atoms with van der Waals surface area (Å²) in [5.74, 6) is 0.550. The number of ether oxygens (including phenoxy) is 6. The lowest BCUT2D eigenvalue weighted by molar-refractivity contribution is -0.331. The van der Waals surface area contributed by atoms with Crippen molar-refractivity contribution in [3.05, 3.63) is 107 Å². The molecule has 218 valence electrons. The molecule has 0 radical (unpaired) electrons. The van der Waals surface area contributed by atoms with Gasteiger partial charge in [-0.2, -0.15) is 0 Å². The van der Waals surface area contributed by atoms with Gasteiger partial charge in [-0.3, -0.25) is 0 Å². The molecule has 2 heterocycles. The molecule has 1 aliphatic carbocycles. The van der Waals surface area contributed by atoms with Gasteiger partial charge in [-0.05, 0) is 41.0 Å². The van der Waals surface area contributed by atoms with E-state index in [4.69, 9.17) is 28.4 Å². The highest BCUT2D eigenvalue weighted by Crippen LogP contribution is 2.33. The molecule has 0 unspecified atom stereocenters. The van der Waals surface area contributed by atoms with Crippen LogP contribution in [0.1, 0.15) is 54.4 Å². The summed E-state index contributed by atoms with van der Waals surface area (Å²) < 4.78 is 39.6. The normalized spacial score (nSPS) is 27.2. The van der Waals surface area contributed by atoms with Gasteiger partial charge >= 0.3 is 0 Å². The molecule has 3 aliphatic rings. The minimum atomic E-state index is -0.578. The van der Waals surface area contributed by atoms with Gasteiger partial charge in [0.25, 0.3) is 0 Å². The molecule has 0 spiro atoms. The molecule has 0 N–H and O–H groups in total. The Kier molecular flexibility index (Phi) is 10.1. The molecule has 0 aromatic heterocycles. The van der Waals surface area contributed by atoms with Gasteiger partial charge in [0.1, 0.15) is 24.4 Å². The Hall–Kier alpha value is -2.58. The molecular weight excluding hydrogens is 516 g/mol. The van der Waals surface area contributed by atoms with Crippen LogP contribution in [0.4, 0.5) is 0 Å². The Morgan fingerprint density at radius 2 is 1.24 bits per heavy atom. The number of rotatable bonds is 9. The third-order valence-corrected chi connectivity index (χ3v) is 8.47. The van der Waals surface area contributed by atoms with E-state index < -0.39 is 24.6 Å². The molecular formula is C35H42O6. The first-order valence-corrected chi connectivity index (χ1v) is 15.2. The molecule has 3 aromatic carbocycles. The molecule has 3 aromatic rings. The van der Waals surface area contributed by atoms with E-state index in [1.165, 1.54) is 32.1 Å². The van der Waals surface area contributed by atoms with Gasteiger partial charge in [-0.25, -0.2) is 0 Å². The minimum Gasteiger partial charge on any atom is -0.374 e. The third kappa shape index (κ3) is 7.63. The van der Waals surface area contributed by atoms with Crippen molar-refractivity contribution < 1.29 is 28.4 Å². The molecule has 1 saturated carbocycles. The van der Waals surface area contributed by atoms with E-state index in [9.17, 15) is 0 Å². The molecule has 6 heteroatoms. The first-order valence-electron chi connectivity index (χ1n) is 15.2. The lowest BCUT2D eigenvalue weighted by Crippen LogP contribution is -2.62. The molecule has 41 heavy (non-hydrogen) atoms. The Balaban J connectivity index is 1.28. The lowest BCUT2D eigenvalue weighted by Gasteiger charge is -2.46. The summed E-state index contributed by atoms with van der Waals surface area (Å²) in [5, 5.41) is 0. The van der Waals surface area contributed by atoms with Gasteiger partial charge < -0.3 is 28.4 Å². The summed E-state index contributed by atoms with van der Waals surface area (Å²) in [7, 11) is 0. The smallest absolute Gasteiger partial charge is 0.186 e. The monoisotopic (exact) mass is 558 g/mol. The molecule has 2 bridgehead atoms. The topological polar surface area (TPSA) is 55.4 Å². The van der Waals surface area contributed by atoms with Crippen LogP contribution >= 0.6 is 0 Å². The van der Waals surface area contributed by atoms with Crippen LogP contribution in [0.25, 0.3) is 0 Å². The first-order chi connectivity index (χ1) is 20.3. The maximum Gasteiger partial charge on any atom is 0.186 e. The van der Waals surface area contributed by atoms with Crippen molar-refractivity contribution in [3.8, 4) is 0 Å². The highest BCUT2D eigenvalue weighted by molar-refractivity contribution is 5.26. The molecule has 6 nitrogen and oxygen atoms in total. The zero-order chi connectivity index (χ0) is 27.7. The van der Waals surface area contributed by atoms with Gasteiger partial charge in [-0.15, -0.1) is 0 Å². The molecule has 2 aliphatic heterocycles. The quantitative estimate of drug-likeness (QED) is 0.295. The van der Waals surface area contributed by atoms with E-state index in [2.05, 4.69) is 36.4 Å². The SMILES string of the molecule is c1ccc(CO[C@H]2[C@@H](OCC3CCCCC3)O[C@@H]3COCc4ccccc4CO[C@H]2[C@@H]3OCc2ccccc2)cc1. The fourth-order valence-electron chi connectivity index (χ4n) is 6.14. The summed E-state index contributed by atoms with van der Waals surface area (Å²) in [5.41, 5.74) is 4.43. The Bertz CT molecular complexity index is 1180. The van der Waals surface area contributed by atoms with Crippen LogP contribution in [0.15, 0.2) is 84.9 Å². The van der Waals surface area contributed by atoms with Crippen molar-refractivity contribution in [1.82, 2.24) is 0 Å². The molecule has 1 saturated heterocycles. The zero-order valence-corrected chi connectivity index (χ0v) is 23.8. The lowest BCUT2D eigenvalue weighted by atomic mass is 9.90. The van der Waals surface area contributed by atoms with Crippen LogP contribution in [0.2, 0.25) is 0 Å². The van der Waals surface area contributed by atoms with E-state index in [-0.39, 0.29) is 6.10 Å². The second kappa shape index (κ2) is 14.5. The van der Waals surface area contributed by atoms with Crippen LogP contribution in [-0.4, -0.2) is 43.9 Å². The van der Waals surface area contributed by atoms with Crippen LogP contribution in [-0.2, 0) is 54.8 Å². The van der Waals surface area contributed by atoms with Crippen LogP contribution < -0.4 is 0 Å². The number of hydrogen-bond donors (Lipinski definition) is 0. The predicted molar refractivity (Wildman–Crippen MR) is 156 cm³/mol. The van der Waals surface area contributed by atoms with Gasteiger partial charge in [0.15, 0.2) is 6.29 Å². The van der Waals surface area contributed by atoms with Crippen molar-refractivity contribution in [1.29, 1.82) is 0 Å². The number of hydrogen-bond acceptors (Lipinski definition) is 6. The van der Waals surface area contributed by atoms with Crippen molar-refractivity contribution in [2.24, 2.45) is 5.92 Å². The molecule has 2 fully saturated rings. The average Bonchev–Trinajstić information content (AvgIpc) is 3.03. The van der Waals surface area contributed by atoms with Crippen molar-refractivity contribution in [3.63, 3.8) is 0 Å². The fraction of sp³-hybridized carbons (Fsp3) is 0.486. The first kappa shape index (κ1) is 28.5. The molecule has 5 atom stereocenters. The van der Waals surface area contributed by atoms with Crippen molar-refractivity contribution >= 4 is 0 Å². The summed E-state index contributed by atoms with van der Waals surface area (Å²) in [4.78, 5) is 0. The van der Waals surface area contributed by atoms with Crippen molar-refractivity contribution in [2.45, 2.75) is 89.2 Å². The third-order valence-electron chi connectivity index (χ3n) is 8.47. The average molecular weight is 559 g/mol. The van der Waals surface area contributed by atoms with Crippen LogP contribution in [0.5, 0.6) is 0 Å². The largest absolute Gasteiger partial charge is 0.374 e. The fourth-order valence-corrected chi connectivity index (χ4v) is 6.14. The summed E-state index contributed by atoms with van der Waals surface area (Å²) in [6.07, 6.45) is 4.05. The van der Waals surface area contributed by atoms with Crippen molar-refractivity contribution in [2.75, 3.05) is 13.2 Å². The van der Waals surface area contributed by atoms with Gasteiger partial charge in [0, 0.05) is 0 Å². The Labute approximate surface area is 243 Å². The van der Waals surface area contributed by atoms with Crippen LogP contribution in [0, 0.1) is 5.92 Å².